The fourth-order valence-electron chi connectivity index (χ4n) is 3.57. The highest BCUT2D eigenvalue weighted by Gasteiger charge is 2.31. The Labute approximate surface area is 147 Å². The van der Waals surface area contributed by atoms with Crippen molar-refractivity contribution in [3.05, 3.63) is 57.3 Å². The van der Waals surface area contributed by atoms with Gasteiger partial charge in [-0.3, -0.25) is 9.69 Å². The summed E-state index contributed by atoms with van der Waals surface area (Å²) < 4.78 is 0. The molecule has 3 nitrogen and oxygen atoms in total. The first-order valence-corrected chi connectivity index (χ1v) is 9.52. The zero-order valence-corrected chi connectivity index (χ0v) is 15.2. The van der Waals surface area contributed by atoms with Crippen molar-refractivity contribution in [3.63, 3.8) is 0 Å². The predicted octanol–water partition coefficient (Wildman–Crippen LogP) is 4.50. The largest absolute Gasteiger partial charge is 0.481 e. The fourth-order valence-corrected chi connectivity index (χ4v) is 4.69. The molecule has 2 heterocycles. The molecule has 1 N–H and O–H groups in total. The molecule has 2 aromatic rings. The van der Waals surface area contributed by atoms with Crippen LogP contribution in [0.1, 0.15) is 46.7 Å². The topological polar surface area (TPSA) is 40.5 Å². The Morgan fingerprint density at radius 1 is 1.38 bits per heavy atom. The first kappa shape index (κ1) is 17.2. The number of thiophene rings is 1. The van der Waals surface area contributed by atoms with Crippen molar-refractivity contribution in [1.82, 2.24) is 4.90 Å². The van der Waals surface area contributed by atoms with E-state index in [0.717, 1.165) is 25.8 Å². The third-order valence-corrected chi connectivity index (χ3v) is 6.11. The van der Waals surface area contributed by atoms with Crippen LogP contribution in [0.5, 0.6) is 0 Å². The highest BCUT2D eigenvalue weighted by Crippen LogP contribution is 2.36. The van der Waals surface area contributed by atoms with Crippen LogP contribution in [0, 0.1) is 12.8 Å². The van der Waals surface area contributed by atoms with Gasteiger partial charge >= 0.3 is 5.97 Å². The van der Waals surface area contributed by atoms with Crippen LogP contribution in [-0.2, 0) is 11.2 Å². The van der Waals surface area contributed by atoms with Crippen LogP contribution in [-0.4, -0.2) is 29.1 Å². The normalized spacial score (nSPS) is 20.0. The van der Waals surface area contributed by atoms with Crippen LogP contribution in [0.2, 0.25) is 0 Å². The smallest absolute Gasteiger partial charge is 0.307 e. The standard InChI is InChI=1S/C20H25NO2S/c1-3-17-9-10-18(24-17)19(15-7-4-6-14(2)12-15)21-11-5-8-16(13-21)20(22)23/h4,6-7,9-10,12,16,19H,3,5,8,11,13H2,1-2H3,(H,22,23). The van der Waals surface area contributed by atoms with E-state index in [1.807, 2.05) is 11.3 Å². The maximum atomic E-state index is 11.5. The molecule has 0 saturated carbocycles. The number of rotatable bonds is 5. The molecule has 3 rings (SSSR count). The lowest BCUT2D eigenvalue weighted by atomic mass is 9.94. The molecule has 128 valence electrons. The molecule has 1 fully saturated rings. The summed E-state index contributed by atoms with van der Waals surface area (Å²) in [7, 11) is 0. The van der Waals surface area contributed by atoms with Gasteiger partial charge in [0.15, 0.2) is 0 Å². The molecular formula is C20H25NO2S. The van der Waals surface area contributed by atoms with E-state index in [1.165, 1.54) is 20.9 Å². The lowest BCUT2D eigenvalue weighted by Gasteiger charge is -2.37. The van der Waals surface area contributed by atoms with Crippen LogP contribution < -0.4 is 0 Å². The molecule has 4 heteroatoms. The fraction of sp³-hybridized carbons (Fsp3) is 0.450. The number of aryl methyl sites for hydroxylation is 2. The number of hydrogen-bond donors (Lipinski definition) is 1. The van der Waals surface area contributed by atoms with Gasteiger partial charge in [0, 0.05) is 16.3 Å². The minimum Gasteiger partial charge on any atom is -0.481 e. The van der Waals surface area contributed by atoms with Gasteiger partial charge in [0.25, 0.3) is 0 Å². The van der Waals surface area contributed by atoms with Gasteiger partial charge in [-0.1, -0.05) is 36.8 Å². The van der Waals surface area contributed by atoms with Crippen molar-refractivity contribution in [2.24, 2.45) is 5.92 Å². The maximum absolute atomic E-state index is 11.5. The SMILES string of the molecule is CCc1ccc(C(c2cccc(C)c2)N2CCCC(C(=O)O)C2)s1. The summed E-state index contributed by atoms with van der Waals surface area (Å²) in [5, 5.41) is 9.44. The van der Waals surface area contributed by atoms with Gasteiger partial charge < -0.3 is 5.11 Å². The van der Waals surface area contributed by atoms with Crippen molar-refractivity contribution < 1.29 is 9.90 Å². The zero-order valence-electron chi connectivity index (χ0n) is 14.4. The third kappa shape index (κ3) is 3.70. The van der Waals surface area contributed by atoms with Crippen LogP contribution in [0.4, 0.5) is 0 Å². The molecule has 0 spiro atoms. The van der Waals surface area contributed by atoms with Gasteiger partial charge in [0.05, 0.1) is 12.0 Å². The highest BCUT2D eigenvalue weighted by molar-refractivity contribution is 7.12. The average Bonchev–Trinajstić information content (AvgIpc) is 3.04. The van der Waals surface area contributed by atoms with E-state index < -0.39 is 5.97 Å². The Bertz CT molecular complexity index is 709. The Balaban J connectivity index is 1.96. The number of benzene rings is 1. The van der Waals surface area contributed by atoms with E-state index in [-0.39, 0.29) is 12.0 Å². The summed E-state index contributed by atoms with van der Waals surface area (Å²) in [6, 6.07) is 13.2. The summed E-state index contributed by atoms with van der Waals surface area (Å²) in [5.74, 6) is -0.917. The van der Waals surface area contributed by atoms with Crippen LogP contribution in [0.3, 0.4) is 0 Å². The Hall–Kier alpha value is -1.65. The Morgan fingerprint density at radius 2 is 2.21 bits per heavy atom. The minimum atomic E-state index is -0.664. The van der Waals surface area contributed by atoms with Crippen LogP contribution in [0.15, 0.2) is 36.4 Å². The van der Waals surface area contributed by atoms with Crippen LogP contribution >= 0.6 is 11.3 Å². The van der Waals surface area contributed by atoms with E-state index in [1.54, 1.807) is 0 Å². The summed E-state index contributed by atoms with van der Waals surface area (Å²) in [6.45, 7) is 5.89. The quantitative estimate of drug-likeness (QED) is 0.868. The molecule has 1 aliphatic rings. The summed E-state index contributed by atoms with van der Waals surface area (Å²) in [4.78, 5) is 16.5. The van der Waals surface area contributed by atoms with E-state index >= 15 is 0 Å². The highest BCUT2D eigenvalue weighted by atomic mass is 32.1. The lowest BCUT2D eigenvalue weighted by Crippen LogP contribution is -2.41. The molecule has 1 aliphatic heterocycles. The Morgan fingerprint density at radius 3 is 2.88 bits per heavy atom. The molecule has 1 aromatic heterocycles. The first-order valence-electron chi connectivity index (χ1n) is 8.70. The van der Waals surface area contributed by atoms with E-state index in [2.05, 4.69) is 55.1 Å². The summed E-state index contributed by atoms with van der Waals surface area (Å²) in [6.07, 6.45) is 2.78. The second-order valence-electron chi connectivity index (χ2n) is 6.65. The molecule has 0 bridgehead atoms. The molecule has 1 aromatic carbocycles. The number of carbonyl (C=O) groups is 1. The van der Waals surface area contributed by atoms with Gasteiger partial charge in [-0.2, -0.15) is 0 Å². The maximum Gasteiger partial charge on any atom is 0.307 e. The van der Waals surface area contributed by atoms with Gasteiger partial charge in [-0.15, -0.1) is 11.3 Å². The second-order valence-corrected chi connectivity index (χ2v) is 7.85. The lowest BCUT2D eigenvalue weighted by molar-refractivity contribution is -0.143. The van der Waals surface area contributed by atoms with Gasteiger partial charge in [0.2, 0.25) is 0 Å². The molecular weight excluding hydrogens is 318 g/mol. The number of aliphatic carboxylic acids is 1. The first-order chi connectivity index (χ1) is 11.6. The van der Waals surface area contributed by atoms with Crippen LogP contribution in [0.25, 0.3) is 0 Å². The molecule has 0 amide bonds. The van der Waals surface area contributed by atoms with Crippen molar-refractivity contribution in [3.8, 4) is 0 Å². The molecule has 0 radical (unpaired) electrons. The van der Waals surface area contributed by atoms with E-state index in [0.29, 0.717) is 6.54 Å². The van der Waals surface area contributed by atoms with Crippen molar-refractivity contribution in [2.45, 2.75) is 39.2 Å². The van der Waals surface area contributed by atoms with Crippen molar-refractivity contribution in [1.29, 1.82) is 0 Å². The van der Waals surface area contributed by atoms with Crippen molar-refractivity contribution in [2.75, 3.05) is 13.1 Å². The number of carboxylic acid groups (broad SMARTS) is 1. The predicted molar refractivity (Wildman–Crippen MR) is 98.7 cm³/mol. The molecule has 2 unspecified atom stereocenters. The number of carboxylic acids is 1. The van der Waals surface area contributed by atoms with E-state index in [9.17, 15) is 9.90 Å². The summed E-state index contributed by atoms with van der Waals surface area (Å²) >= 11 is 1.86. The monoisotopic (exact) mass is 343 g/mol. The average molecular weight is 343 g/mol. The zero-order chi connectivity index (χ0) is 17.1. The number of hydrogen-bond acceptors (Lipinski definition) is 3. The van der Waals surface area contributed by atoms with Gasteiger partial charge in [0.1, 0.15) is 0 Å². The molecule has 24 heavy (non-hydrogen) atoms. The third-order valence-electron chi connectivity index (χ3n) is 4.83. The van der Waals surface area contributed by atoms with Gasteiger partial charge in [-0.25, -0.2) is 0 Å². The number of piperidine rings is 1. The number of nitrogens with zero attached hydrogens (tertiary/aromatic N) is 1. The molecule has 0 aliphatic carbocycles. The second kappa shape index (κ2) is 7.49. The number of likely N-dealkylation sites (tertiary alicyclic amines) is 1. The van der Waals surface area contributed by atoms with Crippen molar-refractivity contribution >= 4 is 17.3 Å². The van der Waals surface area contributed by atoms with E-state index in [4.69, 9.17) is 0 Å². The van der Waals surface area contributed by atoms with Gasteiger partial charge in [-0.05, 0) is 50.4 Å². The molecule has 2 atom stereocenters. The Kier molecular flexibility index (Phi) is 5.36. The minimum absolute atomic E-state index is 0.164. The molecule has 1 saturated heterocycles. The summed E-state index contributed by atoms with van der Waals surface area (Å²) in [5.41, 5.74) is 2.52.